The van der Waals surface area contributed by atoms with E-state index in [9.17, 15) is 19.7 Å². The number of benzene rings is 2. The standard InChI is InChI=1S/C23H20N4O5S2/c1-15-4-6-17(7-5-15)26(11-3-10-24)21(28)13-32-22(29)19-12-18(27(30)31)8-9-20(19)34-23-25-16(2)14-33-23/h4-9,12,14H,3,11,13H2,1-2H3. The maximum absolute atomic E-state index is 12.9. The molecule has 3 aromatic rings. The van der Waals surface area contributed by atoms with E-state index >= 15 is 0 Å². The summed E-state index contributed by atoms with van der Waals surface area (Å²) in [5, 5.41) is 22.0. The first-order valence-corrected chi connectivity index (χ1v) is 11.8. The first-order valence-electron chi connectivity index (χ1n) is 10.1. The fourth-order valence-electron chi connectivity index (χ4n) is 2.92. The van der Waals surface area contributed by atoms with Crippen molar-refractivity contribution in [3.05, 3.63) is 74.8 Å². The van der Waals surface area contributed by atoms with Crippen molar-refractivity contribution in [1.82, 2.24) is 4.98 Å². The summed E-state index contributed by atoms with van der Waals surface area (Å²) < 4.78 is 5.91. The molecular weight excluding hydrogens is 476 g/mol. The molecule has 0 fully saturated rings. The van der Waals surface area contributed by atoms with Crippen molar-refractivity contribution in [2.24, 2.45) is 0 Å². The summed E-state index contributed by atoms with van der Waals surface area (Å²) >= 11 is 2.57. The number of nitrogens with zero attached hydrogens (tertiary/aromatic N) is 4. The average molecular weight is 497 g/mol. The molecule has 0 aliphatic carbocycles. The molecule has 2 aromatic carbocycles. The summed E-state index contributed by atoms with van der Waals surface area (Å²) in [6.45, 7) is 3.30. The number of hydrogen-bond donors (Lipinski definition) is 0. The van der Waals surface area contributed by atoms with Crippen LogP contribution in [0.25, 0.3) is 0 Å². The highest BCUT2D eigenvalue weighted by Gasteiger charge is 2.22. The number of aromatic nitrogens is 1. The lowest BCUT2D eigenvalue weighted by Gasteiger charge is -2.22. The quantitative estimate of drug-likeness (QED) is 0.232. The van der Waals surface area contributed by atoms with Crippen LogP contribution >= 0.6 is 23.1 Å². The third kappa shape index (κ3) is 6.40. The molecule has 0 radical (unpaired) electrons. The Morgan fingerprint density at radius 3 is 2.59 bits per heavy atom. The van der Waals surface area contributed by atoms with E-state index in [2.05, 4.69) is 4.98 Å². The number of ether oxygens (including phenoxy) is 1. The Bertz CT molecular complexity index is 1250. The van der Waals surface area contributed by atoms with Crippen LogP contribution in [0, 0.1) is 35.3 Å². The van der Waals surface area contributed by atoms with Crippen molar-refractivity contribution in [3.8, 4) is 6.07 Å². The van der Waals surface area contributed by atoms with E-state index in [-0.39, 0.29) is 24.2 Å². The second-order valence-electron chi connectivity index (χ2n) is 7.16. The predicted molar refractivity (Wildman–Crippen MR) is 128 cm³/mol. The number of non-ortho nitro benzene ring substituents is 1. The van der Waals surface area contributed by atoms with Gasteiger partial charge in [0.1, 0.15) is 0 Å². The Morgan fingerprint density at radius 1 is 1.24 bits per heavy atom. The van der Waals surface area contributed by atoms with Gasteiger partial charge >= 0.3 is 5.97 Å². The molecule has 1 heterocycles. The van der Waals surface area contributed by atoms with Gasteiger partial charge < -0.3 is 9.64 Å². The molecule has 34 heavy (non-hydrogen) atoms. The number of nitro benzene ring substituents is 1. The number of esters is 1. The maximum Gasteiger partial charge on any atom is 0.340 e. The van der Waals surface area contributed by atoms with Crippen LogP contribution in [0.15, 0.2) is 57.1 Å². The van der Waals surface area contributed by atoms with Crippen molar-refractivity contribution < 1.29 is 19.2 Å². The van der Waals surface area contributed by atoms with Crippen molar-refractivity contribution in [2.75, 3.05) is 18.1 Å². The molecule has 0 N–H and O–H groups in total. The molecule has 0 spiro atoms. The van der Waals surface area contributed by atoms with E-state index in [1.807, 2.05) is 37.4 Å². The van der Waals surface area contributed by atoms with Crippen molar-refractivity contribution in [1.29, 1.82) is 5.26 Å². The SMILES string of the molecule is Cc1ccc(N(CCC#N)C(=O)COC(=O)c2cc([N+](=O)[O-])ccc2Sc2nc(C)cs2)cc1. The molecule has 0 saturated heterocycles. The van der Waals surface area contributed by atoms with Crippen LogP contribution in [0.3, 0.4) is 0 Å². The van der Waals surface area contributed by atoms with Gasteiger partial charge in [-0.1, -0.05) is 29.5 Å². The highest BCUT2D eigenvalue weighted by atomic mass is 32.2. The molecule has 3 rings (SSSR count). The van der Waals surface area contributed by atoms with E-state index < -0.39 is 23.4 Å². The van der Waals surface area contributed by atoms with Gasteiger partial charge in [0.05, 0.1) is 23.0 Å². The molecule has 9 nitrogen and oxygen atoms in total. The maximum atomic E-state index is 12.9. The lowest BCUT2D eigenvalue weighted by molar-refractivity contribution is -0.384. The number of nitro groups is 1. The number of carbonyl (C=O) groups excluding carboxylic acids is 2. The van der Waals surface area contributed by atoms with Gasteiger partial charge in [0.2, 0.25) is 0 Å². The van der Waals surface area contributed by atoms with E-state index in [0.29, 0.717) is 14.9 Å². The lowest BCUT2D eigenvalue weighted by atomic mass is 10.2. The monoisotopic (exact) mass is 496 g/mol. The molecule has 0 atom stereocenters. The Labute approximate surface area is 204 Å². The molecule has 1 amide bonds. The molecule has 174 valence electrons. The first kappa shape index (κ1) is 24.9. The summed E-state index contributed by atoms with van der Waals surface area (Å²) in [5.41, 5.74) is 2.10. The molecule has 0 unspecified atom stereocenters. The molecule has 0 saturated carbocycles. The van der Waals surface area contributed by atoms with Gasteiger partial charge in [0.25, 0.3) is 11.6 Å². The minimum atomic E-state index is -0.864. The van der Waals surface area contributed by atoms with Crippen LogP contribution in [0.1, 0.15) is 28.0 Å². The molecule has 0 bridgehead atoms. The number of nitriles is 1. The van der Waals surface area contributed by atoms with Crippen LogP contribution in [-0.4, -0.2) is 34.9 Å². The Morgan fingerprint density at radius 2 is 1.97 bits per heavy atom. The summed E-state index contributed by atoms with van der Waals surface area (Å²) in [6, 6.07) is 13.1. The van der Waals surface area contributed by atoms with E-state index in [1.165, 1.54) is 40.1 Å². The van der Waals surface area contributed by atoms with Crippen LogP contribution in [-0.2, 0) is 9.53 Å². The number of aryl methyl sites for hydroxylation is 2. The van der Waals surface area contributed by atoms with Crippen LogP contribution in [0.5, 0.6) is 0 Å². The van der Waals surface area contributed by atoms with Gasteiger partial charge in [0.15, 0.2) is 10.9 Å². The molecule has 0 aliphatic rings. The number of rotatable bonds is 9. The second-order valence-corrected chi connectivity index (χ2v) is 9.31. The third-order valence-electron chi connectivity index (χ3n) is 4.61. The number of amides is 1. The smallest absolute Gasteiger partial charge is 0.340 e. The zero-order valence-electron chi connectivity index (χ0n) is 18.4. The summed E-state index contributed by atoms with van der Waals surface area (Å²) in [4.78, 5) is 42.5. The Hall–Kier alpha value is -3.75. The zero-order valence-corrected chi connectivity index (χ0v) is 20.0. The highest BCUT2D eigenvalue weighted by molar-refractivity contribution is 8.01. The Balaban J connectivity index is 1.79. The molecule has 11 heteroatoms. The van der Waals surface area contributed by atoms with Crippen LogP contribution < -0.4 is 4.90 Å². The number of anilines is 1. The lowest BCUT2D eigenvalue weighted by Crippen LogP contribution is -2.35. The first-order chi connectivity index (χ1) is 16.3. The fraction of sp³-hybridized carbons (Fsp3) is 0.217. The second kappa shape index (κ2) is 11.4. The highest BCUT2D eigenvalue weighted by Crippen LogP contribution is 2.34. The molecule has 0 aliphatic heterocycles. The molecular formula is C23H20N4O5S2. The van der Waals surface area contributed by atoms with Crippen LogP contribution in [0.2, 0.25) is 0 Å². The van der Waals surface area contributed by atoms with E-state index in [1.54, 1.807) is 12.1 Å². The summed E-state index contributed by atoms with van der Waals surface area (Å²) in [7, 11) is 0. The summed E-state index contributed by atoms with van der Waals surface area (Å²) in [6.07, 6.45) is 0.104. The minimum absolute atomic E-state index is 0.0289. The van der Waals surface area contributed by atoms with Gasteiger partial charge in [-0.2, -0.15) is 5.26 Å². The van der Waals surface area contributed by atoms with Gasteiger partial charge in [-0.25, -0.2) is 9.78 Å². The minimum Gasteiger partial charge on any atom is -0.452 e. The number of thiazole rings is 1. The van der Waals surface area contributed by atoms with Gasteiger partial charge in [-0.15, -0.1) is 11.3 Å². The molecule has 1 aromatic heterocycles. The number of carbonyl (C=O) groups is 2. The number of hydrogen-bond acceptors (Lipinski definition) is 9. The fourth-order valence-corrected chi connectivity index (χ4v) is 4.81. The van der Waals surface area contributed by atoms with Gasteiger partial charge in [0, 0.05) is 40.3 Å². The normalized spacial score (nSPS) is 10.4. The van der Waals surface area contributed by atoms with Crippen LogP contribution in [0.4, 0.5) is 11.4 Å². The van der Waals surface area contributed by atoms with Crippen molar-refractivity contribution >= 4 is 46.3 Å². The average Bonchev–Trinajstić information content (AvgIpc) is 3.23. The van der Waals surface area contributed by atoms with E-state index in [0.717, 1.165) is 17.3 Å². The topological polar surface area (TPSA) is 126 Å². The van der Waals surface area contributed by atoms with Crippen molar-refractivity contribution in [3.63, 3.8) is 0 Å². The van der Waals surface area contributed by atoms with Crippen molar-refractivity contribution in [2.45, 2.75) is 29.5 Å². The third-order valence-corrected chi connectivity index (χ3v) is 6.74. The zero-order chi connectivity index (χ0) is 24.7. The van der Waals surface area contributed by atoms with Gasteiger partial charge in [-0.05, 0) is 32.0 Å². The summed E-state index contributed by atoms with van der Waals surface area (Å²) in [5.74, 6) is -1.38. The van der Waals surface area contributed by atoms with E-state index in [4.69, 9.17) is 10.00 Å². The largest absolute Gasteiger partial charge is 0.452 e. The Kier molecular flexibility index (Phi) is 8.34. The van der Waals surface area contributed by atoms with Gasteiger partial charge in [-0.3, -0.25) is 14.9 Å². The predicted octanol–water partition coefficient (Wildman–Crippen LogP) is 4.92.